The summed E-state index contributed by atoms with van der Waals surface area (Å²) in [4.78, 5) is 0. The van der Waals surface area contributed by atoms with Crippen LogP contribution in [0.15, 0.2) is 0 Å². The molecule has 0 spiro atoms. The first-order chi connectivity index (χ1) is 3.91. The minimum absolute atomic E-state index is 0.768. The maximum atomic E-state index is 5.02. The number of hydrogen-bond acceptors (Lipinski definition) is 2. The van der Waals surface area contributed by atoms with Crippen LogP contribution < -0.4 is 0 Å². The summed E-state index contributed by atoms with van der Waals surface area (Å²) in [6.07, 6.45) is 0.879. The van der Waals surface area contributed by atoms with Gasteiger partial charge in [0.15, 0.2) is 0 Å². The zero-order valence-corrected chi connectivity index (χ0v) is 5.52. The largest absolute Gasteiger partial charge is 0.382 e. The lowest BCUT2D eigenvalue weighted by molar-refractivity contribution is 0.133. The molecule has 0 amide bonds. The van der Waals surface area contributed by atoms with Crippen molar-refractivity contribution in [2.24, 2.45) is 0 Å². The highest BCUT2D eigenvalue weighted by Crippen LogP contribution is 1.86. The van der Waals surface area contributed by atoms with Gasteiger partial charge in [0.25, 0.3) is 0 Å². The first kappa shape index (κ1) is 7.92. The molecule has 8 heavy (non-hydrogen) atoms. The predicted molar refractivity (Wildman–Crippen MR) is 32.4 cm³/mol. The Balaban J connectivity index is 2.53. The fraction of sp³-hybridized carbons (Fsp3) is 0.833. The van der Waals surface area contributed by atoms with Crippen molar-refractivity contribution in [3.8, 4) is 0 Å². The van der Waals surface area contributed by atoms with Crippen LogP contribution in [0.2, 0.25) is 0 Å². The molecule has 0 unspecified atom stereocenters. The second kappa shape index (κ2) is 6.92. The molecular weight excluding hydrogens is 104 g/mol. The van der Waals surface area contributed by atoms with E-state index in [1.54, 1.807) is 13.7 Å². The Labute approximate surface area is 50.8 Å². The van der Waals surface area contributed by atoms with Gasteiger partial charge < -0.3 is 9.47 Å². The average Bonchev–Trinajstić information content (AvgIpc) is 1.81. The molecule has 0 aliphatic heterocycles. The van der Waals surface area contributed by atoms with Gasteiger partial charge in [-0.05, 0) is 13.3 Å². The molecule has 0 aromatic heterocycles. The summed E-state index contributed by atoms with van der Waals surface area (Å²) in [5, 5.41) is 0. The van der Waals surface area contributed by atoms with Gasteiger partial charge in [-0.15, -0.1) is 0 Å². The first-order valence-corrected chi connectivity index (χ1v) is 2.84. The molecule has 0 bridgehead atoms. The number of methoxy groups -OCH3 is 1. The predicted octanol–water partition coefficient (Wildman–Crippen LogP) is 1.22. The molecule has 0 saturated heterocycles. The summed E-state index contributed by atoms with van der Waals surface area (Å²) in [5.74, 6) is 0. The normalized spacial score (nSPS) is 9.75. The summed E-state index contributed by atoms with van der Waals surface area (Å²) in [7, 11) is 1.64. The van der Waals surface area contributed by atoms with Crippen LogP contribution >= 0.6 is 0 Å². The van der Waals surface area contributed by atoms with Crippen molar-refractivity contribution >= 4 is 0 Å². The van der Waals surface area contributed by atoms with Gasteiger partial charge in [-0.3, -0.25) is 0 Å². The van der Waals surface area contributed by atoms with E-state index >= 15 is 0 Å². The van der Waals surface area contributed by atoms with E-state index in [1.807, 2.05) is 6.92 Å². The van der Waals surface area contributed by atoms with Gasteiger partial charge in [0, 0.05) is 20.3 Å². The van der Waals surface area contributed by atoms with E-state index in [9.17, 15) is 0 Å². The molecule has 0 fully saturated rings. The summed E-state index contributed by atoms with van der Waals surface area (Å²) < 4.78 is 9.71. The van der Waals surface area contributed by atoms with Crippen molar-refractivity contribution in [2.45, 2.75) is 13.3 Å². The Morgan fingerprint density at radius 3 is 2.75 bits per heavy atom. The van der Waals surface area contributed by atoms with E-state index in [1.165, 1.54) is 0 Å². The van der Waals surface area contributed by atoms with Crippen molar-refractivity contribution < 1.29 is 9.47 Å². The highest BCUT2D eigenvalue weighted by Gasteiger charge is 1.83. The van der Waals surface area contributed by atoms with Gasteiger partial charge in [-0.1, -0.05) is 0 Å². The van der Waals surface area contributed by atoms with Crippen molar-refractivity contribution in [2.75, 3.05) is 20.3 Å². The molecule has 0 heterocycles. The van der Waals surface area contributed by atoms with Gasteiger partial charge in [0.1, 0.15) is 0 Å². The third-order valence-electron chi connectivity index (χ3n) is 0.751. The minimum atomic E-state index is 0.768. The van der Waals surface area contributed by atoms with Crippen LogP contribution in [-0.4, -0.2) is 20.3 Å². The van der Waals surface area contributed by atoms with E-state index < -0.39 is 0 Å². The topological polar surface area (TPSA) is 18.5 Å². The second-order valence-electron chi connectivity index (χ2n) is 1.39. The van der Waals surface area contributed by atoms with Crippen molar-refractivity contribution in [3.63, 3.8) is 0 Å². The number of hydrogen-bond donors (Lipinski definition) is 0. The van der Waals surface area contributed by atoms with E-state index in [-0.39, 0.29) is 0 Å². The SMILES string of the molecule is CCOCC[CH]OC. The molecule has 0 atom stereocenters. The van der Waals surface area contributed by atoms with Gasteiger partial charge in [0.05, 0.1) is 6.61 Å². The molecule has 0 aromatic rings. The summed E-state index contributed by atoms with van der Waals surface area (Å²) in [6, 6.07) is 0. The third kappa shape index (κ3) is 5.92. The highest BCUT2D eigenvalue weighted by molar-refractivity contribution is 4.45. The molecule has 0 N–H and O–H groups in total. The fourth-order valence-corrected chi connectivity index (χ4v) is 0.394. The minimum Gasteiger partial charge on any atom is -0.382 e. The molecule has 0 rings (SSSR count). The van der Waals surface area contributed by atoms with Crippen LogP contribution in [0.1, 0.15) is 13.3 Å². The molecule has 49 valence electrons. The first-order valence-electron chi connectivity index (χ1n) is 2.84. The molecule has 0 saturated carbocycles. The average molecular weight is 117 g/mol. The molecule has 0 aliphatic carbocycles. The van der Waals surface area contributed by atoms with Crippen molar-refractivity contribution in [3.05, 3.63) is 6.61 Å². The van der Waals surface area contributed by atoms with E-state index in [0.29, 0.717) is 0 Å². The number of ether oxygens (including phenoxy) is 2. The second-order valence-corrected chi connectivity index (χ2v) is 1.39. The molecular formula is C6H13O2. The smallest absolute Gasteiger partial charge is 0.0855 e. The van der Waals surface area contributed by atoms with Gasteiger partial charge in [0.2, 0.25) is 0 Å². The zero-order valence-electron chi connectivity index (χ0n) is 5.52. The third-order valence-corrected chi connectivity index (χ3v) is 0.751. The fourth-order valence-electron chi connectivity index (χ4n) is 0.394. The number of rotatable bonds is 5. The maximum Gasteiger partial charge on any atom is 0.0855 e. The maximum absolute atomic E-state index is 5.02. The standard InChI is InChI=1S/C6H13O2/c1-3-8-6-4-5-7-2/h5H,3-4,6H2,1-2H3. The van der Waals surface area contributed by atoms with Crippen molar-refractivity contribution in [1.82, 2.24) is 0 Å². The highest BCUT2D eigenvalue weighted by atomic mass is 16.5. The zero-order chi connectivity index (χ0) is 6.24. The molecule has 2 nitrogen and oxygen atoms in total. The molecule has 2 heteroatoms. The van der Waals surface area contributed by atoms with E-state index in [2.05, 4.69) is 4.74 Å². The van der Waals surface area contributed by atoms with E-state index in [4.69, 9.17) is 4.74 Å². The quantitative estimate of drug-likeness (QED) is 0.504. The van der Waals surface area contributed by atoms with Crippen LogP contribution in [-0.2, 0) is 9.47 Å². The lowest BCUT2D eigenvalue weighted by Crippen LogP contribution is -1.93. The van der Waals surface area contributed by atoms with Crippen LogP contribution in [0, 0.1) is 6.61 Å². The van der Waals surface area contributed by atoms with Crippen LogP contribution in [0.4, 0.5) is 0 Å². The summed E-state index contributed by atoms with van der Waals surface area (Å²) in [6.45, 7) is 5.27. The van der Waals surface area contributed by atoms with E-state index in [0.717, 1.165) is 19.6 Å². The molecule has 1 radical (unpaired) electrons. The van der Waals surface area contributed by atoms with Crippen LogP contribution in [0.5, 0.6) is 0 Å². The lowest BCUT2D eigenvalue weighted by atomic mass is 10.5. The van der Waals surface area contributed by atoms with Crippen LogP contribution in [0.25, 0.3) is 0 Å². The van der Waals surface area contributed by atoms with Gasteiger partial charge >= 0.3 is 0 Å². The van der Waals surface area contributed by atoms with Crippen LogP contribution in [0.3, 0.4) is 0 Å². The van der Waals surface area contributed by atoms with Crippen molar-refractivity contribution in [1.29, 1.82) is 0 Å². The Morgan fingerprint density at radius 1 is 1.50 bits per heavy atom. The molecule has 0 aromatic carbocycles. The molecule has 0 aliphatic rings. The Hall–Kier alpha value is -0.0800. The van der Waals surface area contributed by atoms with Gasteiger partial charge in [-0.25, -0.2) is 0 Å². The Kier molecular flexibility index (Phi) is 6.85. The monoisotopic (exact) mass is 117 g/mol. The summed E-state index contributed by atoms with van der Waals surface area (Å²) in [5.41, 5.74) is 0. The lowest BCUT2D eigenvalue weighted by Gasteiger charge is -1.97. The van der Waals surface area contributed by atoms with Gasteiger partial charge in [-0.2, -0.15) is 0 Å². The summed E-state index contributed by atoms with van der Waals surface area (Å²) >= 11 is 0. The Morgan fingerprint density at radius 2 is 2.25 bits per heavy atom. The Bertz CT molecular complexity index is 31.5.